The molecule has 0 bridgehead atoms. The van der Waals surface area contributed by atoms with E-state index in [-0.39, 0.29) is 16.7 Å². The molecular weight excluding hydrogens is 565 g/mol. The highest BCUT2D eigenvalue weighted by Crippen LogP contribution is 2.36. The van der Waals surface area contributed by atoms with Gasteiger partial charge in [0.05, 0.1) is 16.0 Å². The minimum absolute atomic E-state index is 0.211. The van der Waals surface area contributed by atoms with Crippen LogP contribution < -0.4 is 20.3 Å². The first kappa shape index (κ1) is 29.7. The average molecular weight is 593 g/mol. The fourth-order valence-electron chi connectivity index (χ4n) is 4.38. The van der Waals surface area contributed by atoms with Gasteiger partial charge in [0.1, 0.15) is 12.2 Å². The molecule has 1 aliphatic rings. The van der Waals surface area contributed by atoms with Crippen LogP contribution in [0.1, 0.15) is 35.2 Å². The number of sulfonamides is 1. The molecule has 2 atom stereocenters. The number of aromatic nitrogens is 2. The van der Waals surface area contributed by atoms with E-state index in [9.17, 15) is 36.3 Å². The number of anilines is 2. The summed E-state index contributed by atoms with van der Waals surface area (Å²) in [6.07, 6.45) is -0.0131. The minimum atomic E-state index is -4.91. The van der Waals surface area contributed by atoms with Crippen LogP contribution in [0.2, 0.25) is 0 Å². The van der Waals surface area contributed by atoms with Crippen molar-refractivity contribution in [1.82, 2.24) is 20.0 Å². The van der Waals surface area contributed by atoms with Gasteiger partial charge in [-0.1, -0.05) is 18.2 Å². The summed E-state index contributed by atoms with van der Waals surface area (Å²) >= 11 is 0. The highest BCUT2D eigenvalue weighted by molar-refractivity contribution is 7.89. The van der Waals surface area contributed by atoms with Gasteiger partial charge < -0.3 is 20.6 Å². The Morgan fingerprint density at radius 3 is 2.41 bits per heavy atom. The molecule has 1 saturated heterocycles. The molecule has 0 spiro atoms. The third kappa shape index (κ3) is 7.49. The topological polar surface area (TPSA) is 154 Å². The number of halogens is 3. The molecule has 3 aromatic rings. The number of hydrogen-bond acceptors (Lipinski definition) is 8. The van der Waals surface area contributed by atoms with Crippen LogP contribution in [0.4, 0.5) is 24.8 Å². The highest BCUT2D eigenvalue weighted by atomic mass is 32.2. The lowest BCUT2D eigenvalue weighted by Gasteiger charge is -2.38. The molecule has 11 nitrogen and oxygen atoms in total. The van der Waals surface area contributed by atoms with Gasteiger partial charge in [0.25, 0.3) is 5.91 Å². The van der Waals surface area contributed by atoms with E-state index < -0.39 is 51.8 Å². The number of aliphatic carboxylic acids is 1. The Kier molecular flexibility index (Phi) is 9.08. The summed E-state index contributed by atoms with van der Waals surface area (Å²) in [5, 5.41) is 14.7. The molecule has 0 radical (unpaired) electrons. The summed E-state index contributed by atoms with van der Waals surface area (Å²) in [5.74, 6) is -2.51. The summed E-state index contributed by atoms with van der Waals surface area (Å²) in [5.41, 5.74) is -1.73. The first-order valence-electron chi connectivity index (χ1n) is 12.6. The molecule has 218 valence electrons. The number of amides is 1. The van der Waals surface area contributed by atoms with E-state index in [1.54, 1.807) is 29.4 Å². The van der Waals surface area contributed by atoms with Crippen molar-refractivity contribution < 1.29 is 36.3 Å². The molecule has 1 fully saturated rings. The summed E-state index contributed by atoms with van der Waals surface area (Å²) in [6, 6.07) is 9.99. The fourth-order valence-corrected chi connectivity index (χ4v) is 5.59. The van der Waals surface area contributed by atoms with Gasteiger partial charge in [-0.05, 0) is 55.7 Å². The second-order valence-electron chi connectivity index (χ2n) is 9.18. The molecule has 0 saturated carbocycles. The molecular formula is C26H27F3N6O5S. The van der Waals surface area contributed by atoms with Crippen molar-refractivity contribution in [1.29, 1.82) is 0 Å². The number of alkyl halides is 3. The predicted molar refractivity (Wildman–Crippen MR) is 143 cm³/mol. The third-order valence-corrected chi connectivity index (χ3v) is 7.85. The SMILES string of the molecule is O=C(NC[C@H](NS(=O)(=O)c1ccccc1)C(=O)O)c1ccc(N2CCCC[C@H]2Nc2ncccn2)cc1C(F)(F)F. The van der Waals surface area contributed by atoms with Crippen LogP contribution in [-0.4, -0.2) is 60.7 Å². The second-order valence-corrected chi connectivity index (χ2v) is 10.9. The molecule has 41 heavy (non-hydrogen) atoms. The molecule has 4 rings (SSSR count). The average Bonchev–Trinajstić information content (AvgIpc) is 2.95. The van der Waals surface area contributed by atoms with Crippen molar-refractivity contribution in [3.8, 4) is 0 Å². The number of piperidine rings is 1. The zero-order chi connectivity index (χ0) is 29.6. The van der Waals surface area contributed by atoms with Crippen LogP contribution in [0.15, 0.2) is 71.9 Å². The third-order valence-electron chi connectivity index (χ3n) is 6.36. The first-order valence-corrected chi connectivity index (χ1v) is 14.0. The van der Waals surface area contributed by atoms with Gasteiger partial charge in [-0.2, -0.15) is 17.9 Å². The van der Waals surface area contributed by atoms with Gasteiger partial charge in [-0.25, -0.2) is 18.4 Å². The lowest BCUT2D eigenvalue weighted by atomic mass is 10.0. The maximum Gasteiger partial charge on any atom is 0.417 e. The van der Waals surface area contributed by atoms with Gasteiger partial charge in [0.2, 0.25) is 16.0 Å². The maximum atomic E-state index is 14.1. The maximum absolute atomic E-state index is 14.1. The van der Waals surface area contributed by atoms with Crippen LogP contribution in [0.25, 0.3) is 0 Å². The lowest BCUT2D eigenvalue weighted by molar-refractivity contribution is -0.139. The van der Waals surface area contributed by atoms with Gasteiger partial charge in [0.15, 0.2) is 0 Å². The number of rotatable bonds is 10. The van der Waals surface area contributed by atoms with E-state index >= 15 is 0 Å². The number of nitrogens with one attached hydrogen (secondary N) is 3. The van der Waals surface area contributed by atoms with Crippen LogP contribution in [0, 0.1) is 0 Å². The molecule has 0 unspecified atom stereocenters. The standard InChI is InChI=1S/C26H27F3N6O5S/c27-26(28,29)20-15-17(35-14-5-4-9-22(35)33-25-30-12-6-13-31-25)10-11-19(20)23(36)32-16-21(24(37)38)34-41(39,40)18-7-2-1-3-8-18/h1-3,6-8,10-13,15,21-22,34H,4-5,9,14,16H2,(H,32,36)(H,37,38)(H,30,31,33)/t21-,22-/m0/s1. The fraction of sp³-hybridized carbons (Fsp3) is 0.308. The number of carbonyl (C=O) groups excluding carboxylic acids is 1. The van der Waals surface area contributed by atoms with Crippen molar-refractivity contribution in [2.75, 3.05) is 23.3 Å². The van der Waals surface area contributed by atoms with Gasteiger partial charge in [-0.15, -0.1) is 0 Å². The Hall–Kier alpha value is -4.24. The Morgan fingerprint density at radius 1 is 1.05 bits per heavy atom. The van der Waals surface area contributed by atoms with Gasteiger partial charge >= 0.3 is 12.1 Å². The normalized spacial score (nSPS) is 16.6. The van der Waals surface area contributed by atoms with Crippen molar-refractivity contribution >= 4 is 33.5 Å². The zero-order valence-electron chi connectivity index (χ0n) is 21.5. The summed E-state index contributed by atoms with van der Waals surface area (Å²) < 4.78 is 69.3. The largest absolute Gasteiger partial charge is 0.480 e. The van der Waals surface area contributed by atoms with Gasteiger partial charge in [0, 0.05) is 31.2 Å². The van der Waals surface area contributed by atoms with Crippen LogP contribution in [0.5, 0.6) is 0 Å². The molecule has 1 aliphatic heterocycles. The summed E-state index contributed by atoms with van der Waals surface area (Å²) in [6.45, 7) is -0.344. The van der Waals surface area contributed by atoms with Crippen molar-refractivity contribution in [2.24, 2.45) is 0 Å². The quantitative estimate of drug-likeness (QED) is 0.278. The molecule has 4 N–H and O–H groups in total. The van der Waals surface area contributed by atoms with Crippen molar-refractivity contribution in [3.63, 3.8) is 0 Å². The molecule has 1 amide bonds. The Labute approximate surface area is 233 Å². The number of benzene rings is 2. The van der Waals surface area contributed by atoms with Crippen LogP contribution in [0.3, 0.4) is 0 Å². The number of carbonyl (C=O) groups is 2. The Morgan fingerprint density at radius 2 is 1.76 bits per heavy atom. The molecule has 1 aromatic heterocycles. The number of carboxylic acid groups (broad SMARTS) is 1. The molecule has 2 heterocycles. The minimum Gasteiger partial charge on any atom is -0.480 e. The summed E-state index contributed by atoms with van der Waals surface area (Å²) in [7, 11) is -4.28. The van der Waals surface area contributed by atoms with Crippen LogP contribution in [-0.2, 0) is 21.0 Å². The molecule has 2 aromatic carbocycles. The number of hydrogen-bond donors (Lipinski definition) is 4. The monoisotopic (exact) mass is 592 g/mol. The molecule has 0 aliphatic carbocycles. The van der Waals surface area contributed by atoms with Crippen LogP contribution >= 0.6 is 0 Å². The first-order chi connectivity index (χ1) is 19.5. The van der Waals surface area contributed by atoms with E-state index in [0.717, 1.165) is 25.0 Å². The smallest absolute Gasteiger partial charge is 0.417 e. The van der Waals surface area contributed by atoms with Crippen molar-refractivity contribution in [3.05, 3.63) is 78.1 Å². The predicted octanol–water partition coefficient (Wildman–Crippen LogP) is 3.09. The van der Waals surface area contributed by atoms with E-state index in [1.807, 2.05) is 4.72 Å². The van der Waals surface area contributed by atoms with Crippen molar-refractivity contribution in [2.45, 2.75) is 42.5 Å². The van der Waals surface area contributed by atoms with E-state index in [2.05, 4.69) is 20.6 Å². The highest BCUT2D eigenvalue weighted by Gasteiger charge is 2.37. The van der Waals surface area contributed by atoms with E-state index in [0.29, 0.717) is 18.9 Å². The summed E-state index contributed by atoms with van der Waals surface area (Å²) in [4.78, 5) is 34.3. The van der Waals surface area contributed by atoms with E-state index in [4.69, 9.17) is 0 Å². The van der Waals surface area contributed by atoms with E-state index in [1.165, 1.54) is 30.3 Å². The Balaban J connectivity index is 1.53. The lowest BCUT2D eigenvalue weighted by Crippen LogP contribution is -2.48. The molecule has 15 heteroatoms. The number of nitrogens with zero attached hydrogens (tertiary/aromatic N) is 3. The van der Waals surface area contributed by atoms with Gasteiger partial charge in [-0.3, -0.25) is 9.59 Å². The zero-order valence-corrected chi connectivity index (χ0v) is 22.3. The Bertz CT molecular complexity index is 1480. The number of carboxylic acids is 1. The second kappa shape index (κ2) is 12.5.